The molecule has 57 valence electrons. The van der Waals surface area contributed by atoms with E-state index in [4.69, 9.17) is 5.73 Å². The van der Waals surface area contributed by atoms with Crippen LogP contribution in [0.25, 0.3) is 0 Å². The molecule has 1 saturated heterocycles. The normalized spacial score (nSPS) is 26.5. The lowest BCUT2D eigenvalue weighted by Gasteiger charge is -2.31. The summed E-state index contributed by atoms with van der Waals surface area (Å²) in [5.74, 6) is 0. The zero-order valence-corrected chi connectivity index (χ0v) is 6.05. The van der Waals surface area contributed by atoms with Gasteiger partial charge in [0, 0.05) is 25.7 Å². The Labute approximate surface area is 60.4 Å². The molecular weight excluding hydrogens is 130 g/mol. The zero-order valence-electron chi connectivity index (χ0n) is 6.05. The second-order valence-corrected chi connectivity index (χ2v) is 2.55. The topological polar surface area (TPSA) is 56.1 Å². The van der Waals surface area contributed by atoms with Gasteiger partial charge in [-0.05, 0) is 6.92 Å². The van der Waals surface area contributed by atoms with Gasteiger partial charge in [-0.15, -0.1) is 0 Å². The number of hydrogen-bond acceptors (Lipinski definition) is 2. The van der Waals surface area contributed by atoms with E-state index in [1.54, 1.807) is 4.90 Å². The fraction of sp³-hybridized carbons (Fsp3) is 0.833. The Morgan fingerprint density at radius 3 is 2.90 bits per heavy atom. The van der Waals surface area contributed by atoms with Gasteiger partial charge in [-0.2, -0.15) is 0 Å². The summed E-state index contributed by atoms with van der Waals surface area (Å²) in [6, 6.07) is -0.382. The highest BCUT2D eigenvalue weighted by Crippen LogP contribution is 2.00. The van der Waals surface area contributed by atoms with Crippen LogP contribution in [-0.4, -0.2) is 36.6 Å². The number of nitrogens with zero attached hydrogens (tertiary/aromatic N) is 1. The van der Waals surface area contributed by atoms with E-state index in [1.165, 1.54) is 0 Å². The summed E-state index contributed by atoms with van der Waals surface area (Å²) < 4.78 is 0. The summed E-state index contributed by atoms with van der Waals surface area (Å²) in [5.41, 5.74) is 6.86. The Balaban J connectivity index is 2.47. The van der Waals surface area contributed by atoms with E-state index in [2.05, 4.69) is 5.32 Å². The molecule has 2 amide bonds. The Kier molecular flexibility index (Phi) is 2.11. The van der Waals surface area contributed by atoms with Gasteiger partial charge in [0.05, 0.1) is 0 Å². The van der Waals surface area contributed by atoms with Crippen LogP contribution in [0.5, 0.6) is 0 Å². The van der Waals surface area contributed by atoms with Crippen LogP contribution in [0.2, 0.25) is 0 Å². The van der Waals surface area contributed by atoms with Gasteiger partial charge >= 0.3 is 6.03 Å². The van der Waals surface area contributed by atoms with Crippen molar-refractivity contribution in [2.24, 2.45) is 0 Å². The summed E-state index contributed by atoms with van der Waals surface area (Å²) >= 11 is 0. The number of amides is 2. The molecule has 0 aromatic carbocycles. The van der Waals surface area contributed by atoms with Crippen molar-refractivity contribution in [3.63, 3.8) is 0 Å². The van der Waals surface area contributed by atoms with Gasteiger partial charge in [0.2, 0.25) is 0 Å². The van der Waals surface area contributed by atoms with Crippen LogP contribution in [0.15, 0.2) is 0 Å². The fourth-order valence-corrected chi connectivity index (χ4v) is 1.14. The van der Waals surface area contributed by atoms with Crippen molar-refractivity contribution in [1.82, 2.24) is 16.0 Å². The lowest BCUT2D eigenvalue weighted by Crippen LogP contribution is -2.52. The van der Waals surface area contributed by atoms with Crippen molar-refractivity contribution in [3.05, 3.63) is 0 Å². The average molecular weight is 142 g/mol. The molecule has 0 bridgehead atoms. The first-order chi connectivity index (χ1) is 4.72. The fourth-order valence-electron chi connectivity index (χ4n) is 1.14. The summed E-state index contributed by atoms with van der Waals surface area (Å²) in [4.78, 5) is 12.1. The van der Waals surface area contributed by atoms with Crippen LogP contribution < -0.4 is 11.1 Å². The minimum Gasteiger partial charge on any atom is -0.318 e. The van der Waals surface area contributed by atoms with E-state index in [-0.39, 0.29) is 6.04 Å². The predicted octanol–water partition coefficient (Wildman–Crippen LogP) is -0.317. The van der Waals surface area contributed by atoms with Crippen LogP contribution in [0.3, 0.4) is 0 Å². The lowest BCUT2D eigenvalue weighted by atomic mass is 10.2. The Morgan fingerprint density at radius 1 is 1.80 bits per heavy atom. The van der Waals surface area contributed by atoms with E-state index in [1.807, 2.05) is 6.92 Å². The van der Waals surface area contributed by atoms with Crippen molar-refractivity contribution < 1.29 is 4.79 Å². The number of urea groups is 1. The van der Waals surface area contributed by atoms with Gasteiger partial charge in [0.1, 0.15) is 0 Å². The van der Waals surface area contributed by atoms with Gasteiger partial charge < -0.3 is 10.2 Å². The van der Waals surface area contributed by atoms with Crippen molar-refractivity contribution in [1.29, 1.82) is 0 Å². The van der Waals surface area contributed by atoms with Crippen molar-refractivity contribution in [2.75, 3.05) is 19.6 Å². The molecule has 1 heterocycles. The highest BCUT2D eigenvalue weighted by atomic mass is 16.2. The SMILES string of the molecule is CC1CNCCN1C([NH])=O. The Bertz CT molecular complexity index is 137. The number of nitrogens with one attached hydrogen (secondary N) is 2. The average Bonchev–Trinajstić information content (AvgIpc) is 1.88. The van der Waals surface area contributed by atoms with Crippen LogP contribution >= 0.6 is 0 Å². The smallest absolute Gasteiger partial charge is 0.318 e. The van der Waals surface area contributed by atoms with Crippen molar-refractivity contribution in [3.8, 4) is 0 Å². The van der Waals surface area contributed by atoms with Crippen LogP contribution in [0.1, 0.15) is 6.92 Å². The first kappa shape index (κ1) is 7.34. The molecule has 2 N–H and O–H groups in total. The molecule has 1 atom stereocenters. The van der Waals surface area contributed by atoms with Crippen molar-refractivity contribution in [2.45, 2.75) is 13.0 Å². The first-order valence-corrected chi connectivity index (χ1v) is 3.44. The third-order valence-electron chi connectivity index (χ3n) is 1.76. The molecule has 0 aromatic heterocycles. The molecule has 0 aromatic rings. The standard InChI is InChI=1S/C6H12N3O/c1-5-4-8-2-3-9(5)6(7)10/h5,7-8H,2-4H2,1H3. The first-order valence-electron chi connectivity index (χ1n) is 3.44. The largest absolute Gasteiger partial charge is 0.336 e. The van der Waals surface area contributed by atoms with Gasteiger partial charge in [-0.1, -0.05) is 0 Å². The maximum Gasteiger partial charge on any atom is 0.336 e. The van der Waals surface area contributed by atoms with Crippen molar-refractivity contribution >= 4 is 6.03 Å². The van der Waals surface area contributed by atoms with Crippen LogP contribution in [0.4, 0.5) is 4.79 Å². The second kappa shape index (κ2) is 2.88. The molecule has 4 heteroatoms. The monoisotopic (exact) mass is 142 g/mol. The number of rotatable bonds is 0. The molecule has 0 saturated carbocycles. The molecule has 1 fully saturated rings. The van der Waals surface area contributed by atoms with E-state index in [9.17, 15) is 4.79 Å². The minimum atomic E-state index is -0.561. The number of hydrogen-bond donors (Lipinski definition) is 1. The van der Waals surface area contributed by atoms with Gasteiger partial charge in [-0.3, -0.25) is 0 Å². The molecule has 10 heavy (non-hydrogen) atoms. The molecule has 1 rings (SSSR count). The maximum absolute atomic E-state index is 10.6. The highest BCUT2D eigenvalue weighted by molar-refractivity contribution is 5.71. The summed E-state index contributed by atoms with van der Waals surface area (Å²) in [7, 11) is 0. The van der Waals surface area contributed by atoms with Gasteiger partial charge in [0.15, 0.2) is 0 Å². The summed E-state index contributed by atoms with van der Waals surface area (Å²) in [6.07, 6.45) is 0. The molecule has 1 unspecified atom stereocenters. The quantitative estimate of drug-likeness (QED) is 0.504. The Hall–Kier alpha value is -0.770. The molecule has 1 aliphatic rings. The van der Waals surface area contributed by atoms with E-state index in [0.29, 0.717) is 6.54 Å². The summed E-state index contributed by atoms with van der Waals surface area (Å²) in [5, 5.41) is 3.14. The molecular formula is C6H12N3O. The number of carbonyl (C=O) groups is 1. The molecule has 1 aliphatic heterocycles. The predicted molar refractivity (Wildman–Crippen MR) is 37.5 cm³/mol. The third kappa shape index (κ3) is 1.39. The van der Waals surface area contributed by atoms with E-state index >= 15 is 0 Å². The van der Waals surface area contributed by atoms with Crippen LogP contribution in [-0.2, 0) is 0 Å². The second-order valence-electron chi connectivity index (χ2n) is 2.55. The minimum absolute atomic E-state index is 0.179. The van der Waals surface area contributed by atoms with E-state index < -0.39 is 6.03 Å². The van der Waals surface area contributed by atoms with E-state index in [0.717, 1.165) is 13.1 Å². The van der Waals surface area contributed by atoms with Gasteiger partial charge in [0.25, 0.3) is 0 Å². The lowest BCUT2D eigenvalue weighted by molar-refractivity contribution is 0.172. The third-order valence-corrected chi connectivity index (χ3v) is 1.76. The summed E-state index contributed by atoms with van der Waals surface area (Å²) in [6.45, 7) is 4.24. The highest BCUT2D eigenvalue weighted by Gasteiger charge is 2.20. The number of carbonyl (C=O) groups excluding carboxylic acids is 1. The molecule has 0 spiro atoms. The number of piperazine rings is 1. The molecule has 4 nitrogen and oxygen atoms in total. The van der Waals surface area contributed by atoms with Gasteiger partial charge in [-0.25, -0.2) is 10.5 Å². The Morgan fingerprint density at radius 2 is 2.50 bits per heavy atom. The maximum atomic E-state index is 10.6. The zero-order chi connectivity index (χ0) is 7.56. The molecule has 0 aliphatic carbocycles. The molecule has 1 radical (unpaired) electrons. The van der Waals surface area contributed by atoms with Crippen LogP contribution in [0, 0.1) is 0 Å².